The third kappa shape index (κ3) is 3.92. The van der Waals surface area contributed by atoms with Gasteiger partial charge in [0.25, 0.3) is 5.69 Å². The normalized spacial score (nSPS) is 11.1. The van der Waals surface area contributed by atoms with E-state index < -0.39 is 25.6 Å². The first-order chi connectivity index (χ1) is 9.79. The van der Waals surface area contributed by atoms with Crippen molar-refractivity contribution < 1.29 is 17.5 Å². The van der Waals surface area contributed by atoms with Crippen molar-refractivity contribution in [1.82, 2.24) is 0 Å². The molecule has 0 fully saturated rings. The Morgan fingerprint density at radius 1 is 1.19 bits per heavy atom. The van der Waals surface area contributed by atoms with Gasteiger partial charge in [-0.3, -0.25) is 10.1 Å². The highest BCUT2D eigenvalue weighted by molar-refractivity contribution is 14.1. The van der Waals surface area contributed by atoms with Crippen molar-refractivity contribution in [3.05, 3.63) is 60.6 Å². The number of rotatable bonds is 4. The maximum absolute atomic E-state index is 12.2. The number of nitro benzene ring substituents is 1. The predicted molar refractivity (Wildman–Crippen MR) is 87.8 cm³/mol. The van der Waals surface area contributed by atoms with E-state index in [1.807, 2.05) is 22.6 Å². The minimum Gasteiger partial charge on any atom is -0.379 e. The fourth-order valence-corrected chi connectivity index (χ4v) is 3.47. The fourth-order valence-electron chi connectivity index (χ4n) is 1.54. The van der Waals surface area contributed by atoms with Crippen LogP contribution in [0.4, 0.5) is 5.69 Å². The second-order valence-corrected chi connectivity index (χ2v) is 7.54. The Balaban J connectivity index is 2.47. The number of nitro groups is 1. The van der Waals surface area contributed by atoms with Gasteiger partial charge in [0.05, 0.1) is 4.92 Å². The number of hydrogen-bond donors (Lipinski definition) is 0. The van der Waals surface area contributed by atoms with Crippen LogP contribution in [0.15, 0.2) is 51.8 Å². The molecular weight excluding hydrogens is 477 g/mol. The van der Waals surface area contributed by atoms with E-state index in [2.05, 4.69) is 15.9 Å². The summed E-state index contributed by atoms with van der Waals surface area (Å²) >= 11 is 5.07. The Labute approximate surface area is 142 Å². The summed E-state index contributed by atoms with van der Waals surface area (Å²) in [6.45, 7) is 0. The molecule has 2 aromatic carbocycles. The van der Waals surface area contributed by atoms with Crippen LogP contribution < -0.4 is 4.18 Å². The van der Waals surface area contributed by atoms with E-state index in [0.29, 0.717) is 4.47 Å². The molecule has 0 radical (unpaired) electrons. The van der Waals surface area contributed by atoms with Crippen LogP contribution in [0.2, 0.25) is 0 Å². The fraction of sp³-hybridized carbons (Fsp3) is 0. The lowest BCUT2D eigenvalue weighted by molar-refractivity contribution is -0.388. The van der Waals surface area contributed by atoms with Gasteiger partial charge in [-0.2, -0.15) is 8.42 Å². The molecule has 0 amide bonds. The van der Waals surface area contributed by atoms with Crippen LogP contribution in [0.3, 0.4) is 0 Å². The van der Waals surface area contributed by atoms with Crippen LogP contribution in [0.25, 0.3) is 0 Å². The molecule has 0 atom stereocenters. The average molecular weight is 484 g/mol. The number of nitrogens with zero attached hydrogens (tertiary/aromatic N) is 1. The van der Waals surface area contributed by atoms with E-state index in [1.54, 1.807) is 12.1 Å². The zero-order valence-electron chi connectivity index (χ0n) is 10.2. The Morgan fingerprint density at radius 3 is 2.52 bits per heavy atom. The summed E-state index contributed by atoms with van der Waals surface area (Å²) in [6, 6.07) is 10.0. The van der Waals surface area contributed by atoms with E-state index in [4.69, 9.17) is 4.18 Å². The quantitative estimate of drug-likeness (QED) is 0.286. The summed E-state index contributed by atoms with van der Waals surface area (Å²) in [7, 11) is -4.29. The smallest absolute Gasteiger partial charge is 0.346 e. The van der Waals surface area contributed by atoms with E-state index in [-0.39, 0.29) is 5.75 Å². The monoisotopic (exact) mass is 483 g/mol. The number of benzene rings is 2. The molecule has 0 saturated heterocycles. The highest BCUT2D eigenvalue weighted by atomic mass is 127. The number of halogens is 2. The van der Waals surface area contributed by atoms with E-state index in [1.165, 1.54) is 18.2 Å². The molecule has 0 saturated carbocycles. The molecule has 0 aliphatic heterocycles. The molecule has 2 rings (SSSR count). The van der Waals surface area contributed by atoms with Gasteiger partial charge >= 0.3 is 10.1 Å². The van der Waals surface area contributed by atoms with Crippen molar-refractivity contribution in [2.45, 2.75) is 4.90 Å². The second-order valence-electron chi connectivity index (χ2n) is 3.86. The molecule has 0 N–H and O–H groups in total. The molecule has 2 aromatic rings. The molecule has 0 aromatic heterocycles. The van der Waals surface area contributed by atoms with Crippen LogP contribution in [0.1, 0.15) is 0 Å². The molecular formula is C12H7BrINO5S. The van der Waals surface area contributed by atoms with Gasteiger partial charge in [0.1, 0.15) is 5.75 Å². The van der Waals surface area contributed by atoms with Crippen LogP contribution in [0, 0.1) is 13.7 Å². The number of hydrogen-bond acceptors (Lipinski definition) is 5. The van der Waals surface area contributed by atoms with Crippen LogP contribution in [-0.2, 0) is 10.1 Å². The minimum atomic E-state index is -4.29. The summed E-state index contributed by atoms with van der Waals surface area (Å²) in [6.07, 6.45) is 0. The Hall–Kier alpha value is -1.20. The van der Waals surface area contributed by atoms with Crippen LogP contribution in [-0.4, -0.2) is 13.3 Å². The summed E-state index contributed by atoms with van der Waals surface area (Å²) in [5.74, 6) is 0.0964. The van der Waals surface area contributed by atoms with Gasteiger partial charge in [-0.15, -0.1) is 0 Å². The second kappa shape index (κ2) is 6.28. The first-order valence-electron chi connectivity index (χ1n) is 5.43. The third-order valence-corrected chi connectivity index (χ3v) is 4.85. The zero-order valence-corrected chi connectivity index (χ0v) is 14.8. The highest BCUT2D eigenvalue weighted by Crippen LogP contribution is 2.29. The SMILES string of the molecule is O=[N+]([O-])c1cc(Br)ccc1S(=O)(=O)Oc1cccc(I)c1. The Kier molecular flexibility index (Phi) is 4.84. The van der Waals surface area contributed by atoms with Crippen molar-refractivity contribution in [2.24, 2.45) is 0 Å². The first-order valence-corrected chi connectivity index (χ1v) is 8.71. The Morgan fingerprint density at radius 2 is 1.90 bits per heavy atom. The van der Waals surface area contributed by atoms with Gasteiger partial charge in [-0.05, 0) is 52.9 Å². The average Bonchev–Trinajstić information content (AvgIpc) is 2.37. The molecule has 0 aliphatic carbocycles. The van der Waals surface area contributed by atoms with Gasteiger partial charge in [-0.25, -0.2) is 0 Å². The van der Waals surface area contributed by atoms with Crippen LogP contribution in [0.5, 0.6) is 5.75 Å². The molecule has 9 heteroatoms. The molecule has 6 nitrogen and oxygen atoms in total. The van der Waals surface area contributed by atoms with E-state index in [0.717, 1.165) is 15.7 Å². The van der Waals surface area contributed by atoms with Crippen molar-refractivity contribution >= 4 is 54.3 Å². The van der Waals surface area contributed by atoms with Gasteiger partial charge in [0.15, 0.2) is 4.90 Å². The lowest BCUT2D eigenvalue weighted by atomic mass is 10.3. The molecule has 110 valence electrons. The molecule has 0 aliphatic rings. The summed E-state index contributed by atoms with van der Waals surface area (Å²) < 4.78 is 30.5. The molecule has 0 heterocycles. The zero-order chi connectivity index (χ0) is 15.6. The minimum absolute atomic E-state index is 0.0964. The third-order valence-electron chi connectivity index (χ3n) is 2.39. The first kappa shape index (κ1) is 16.2. The maximum Gasteiger partial charge on any atom is 0.346 e. The molecule has 0 bridgehead atoms. The molecule has 21 heavy (non-hydrogen) atoms. The van der Waals surface area contributed by atoms with Crippen molar-refractivity contribution in [1.29, 1.82) is 0 Å². The lowest BCUT2D eigenvalue weighted by Gasteiger charge is -2.08. The van der Waals surface area contributed by atoms with Crippen molar-refractivity contribution in [3.63, 3.8) is 0 Å². The van der Waals surface area contributed by atoms with Gasteiger partial charge in [0, 0.05) is 14.1 Å². The maximum atomic E-state index is 12.2. The summed E-state index contributed by atoms with van der Waals surface area (Å²) in [5, 5.41) is 11.0. The van der Waals surface area contributed by atoms with Crippen molar-refractivity contribution in [2.75, 3.05) is 0 Å². The highest BCUT2D eigenvalue weighted by Gasteiger charge is 2.28. The molecule has 0 spiro atoms. The summed E-state index contributed by atoms with van der Waals surface area (Å²) in [5.41, 5.74) is -0.546. The predicted octanol–water partition coefficient (Wildman–Crippen LogP) is 3.73. The van der Waals surface area contributed by atoms with Crippen LogP contribution >= 0.6 is 38.5 Å². The summed E-state index contributed by atoms with van der Waals surface area (Å²) in [4.78, 5) is 9.73. The van der Waals surface area contributed by atoms with Crippen molar-refractivity contribution in [3.8, 4) is 5.75 Å². The molecule has 0 unspecified atom stereocenters. The Bertz CT molecular complexity index is 809. The largest absolute Gasteiger partial charge is 0.379 e. The topological polar surface area (TPSA) is 86.5 Å². The van der Waals surface area contributed by atoms with Gasteiger partial charge in [-0.1, -0.05) is 22.0 Å². The van der Waals surface area contributed by atoms with E-state index in [9.17, 15) is 18.5 Å². The van der Waals surface area contributed by atoms with E-state index >= 15 is 0 Å². The van der Waals surface area contributed by atoms with Gasteiger partial charge < -0.3 is 4.18 Å². The lowest BCUT2D eigenvalue weighted by Crippen LogP contribution is -2.12. The van der Waals surface area contributed by atoms with Gasteiger partial charge in [0.2, 0.25) is 0 Å². The standard InChI is InChI=1S/C12H7BrINO5S/c13-8-4-5-12(11(6-8)15(16)17)21(18,19)20-10-3-1-2-9(14)7-10/h1-7H.